The summed E-state index contributed by atoms with van der Waals surface area (Å²) in [6.45, 7) is 5.99. The zero-order chi connectivity index (χ0) is 25.2. The molecule has 1 unspecified atom stereocenters. The number of aromatic nitrogens is 4. The molecule has 3 aromatic rings. The molecule has 3 fully saturated rings. The van der Waals surface area contributed by atoms with Gasteiger partial charge in [0.1, 0.15) is 11.6 Å². The summed E-state index contributed by atoms with van der Waals surface area (Å²) in [7, 11) is 0. The largest absolute Gasteiger partial charge is 0.379 e. The summed E-state index contributed by atoms with van der Waals surface area (Å²) in [5.74, 6) is 1.24. The number of morpholine rings is 2. The van der Waals surface area contributed by atoms with Gasteiger partial charge >= 0.3 is 0 Å². The van der Waals surface area contributed by atoms with Crippen molar-refractivity contribution in [2.45, 2.75) is 44.2 Å². The van der Waals surface area contributed by atoms with Crippen LogP contribution in [0, 0.1) is 0 Å². The van der Waals surface area contributed by atoms with Gasteiger partial charge in [0.15, 0.2) is 5.82 Å². The Kier molecular flexibility index (Phi) is 7.16. The Morgan fingerprint density at radius 3 is 2.46 bits per heavy atom. The predicted molar refractivity (Wildman–Crippen MR) is 137 cm³/mol. The van der Waals surface area contributed by atoms with Crippen LogP contribution in [-0.2, 0) is 9.47 Å². The van der Waals surface area contributed by atoms with Crippen molar-refractivity contribution >= 4 is 22.8 Å². The lowest BCUT2D eigenvalue weighted by Gasteiger charge is -2.39. The Morgan fingerprint density at radius 1 is 0.919 bits per heavy atom. The number of hydrogen-bond donors (Lipinski definition) is 1. The number of fused-ring (bicyclic) bond motifs is 1. The van der Waals surface area contributed by atoms with Crippen molar-refractivity contribution in [1.82, 2.24) is 24.4 Å². The predicted octanol–water partition coefficient (Wildman–Crippen LogP) is 3.65. The van der Waals surface area contributed by atoms with Gasteiger partial charge in [-0.05, 0) is 37.8 Å². The fraction of sp³-hybridized carbons (Fsp3) is 0.577. The number of benzene rings is 1. The van der Waals surface area contributed by atoms with Crippen molar-refractivity contribution < 1.29 is 18.3 Å². The third kappa shape index (κ3) is 5.25. The highest BCUT2D eigenvalue weighted by atomic mass is 19.3. The summed E-state index contributed by atoms with van der Waals surface area (Å²) in [6.07, 6.45) is 1.64. The minimum atomic E-state index is -2.74. The van der Waals surface area contributed by atoms with Crippen LogP contribution in [0.4, 0.5) is 20.5 Å². The third-order valence-electron chi connectivity index (χ3n) is 7.57. The number of alkyl halides is 2. The molecule has 0 bridgehead atoms. The Labute approximate surface area is 214 Å². The highest BCUT2D eigenvalue weighted by molar-refractivity contribution is 5.78. The first-order valence-electron chi connectivity index (χ1n) is 13.2. The summed E-state index contributed by atoms with van der Waals surface area (Å²) < 4.78 is 40.8. The van der Waals surface area contributed by atoms with Gasteiger partial charge in [-0.1, -0.05) is 12.1 Å². The van der Waals surface area contributed by atoms with Crippen LogP contribution in [0.15, 0.2) is 30.3 Å². The summed E-state index contributed by atoms with van der Waals surface area (Å²) >= 11 is 0. The van der Waals surface area contributed by atoms with Crippen molar-refractivity contribution in [3.63, 3.8) is 0 Å². The second-order valence-corrected chi connectivity index (χ2v) is 9.92. The number of para-hydroxylation sites is 2. The lowest BCUT2D eigenvalue weighted by atomic mass is 9.89. The number of ether oxygens (including phenoxy) is 2. The average Bonchev–Trinajstić information content (AvgIpc) is 3.34. The second-order valence-electron chi connectivity index (χ2n) is 9.92. The van der Waals surface area contributed by atoms with E-state index in [4.69, 9.17) is 19.4 Å². The molecule has 0 spiro atoms. The van der Waals surface area contributed by atoms with Crippen LogP contribution in [0.2, 0.25) is 0 Å². The molecular weight excluding hydrogens is 480 g/mol. The molecular formula is C26H33F2N7O2. The van der Waals surface area contributed by atoms with Crippen LogP contribution in [0.3, 0.4) is 0 Å². The Hall–Kier alpha value is -2.89. The normalized spacial score (nSPS) is 23.6. The Morgan fingerprint density at radius 2 is 1.68 bits per heavy atom. The zero-order valence-corrected chi connectivity index (χ0v) is 20.9. The molecule has 2 aliphatic heterocycles. The van der Waals surface area contributed by atoms with E-state index >= 15 is 0 Å². The molecule has 1 aromatic carbocycles. The van der Waals surface area contributed by atoms with Gasteiger partial charge in [-0.2, -0.15) is 9.97 Å². The average molecular weight is 514 g/mol. The van der Waals surface area contributed by atoms with Gasteiger partial charge in [-0.25, -0.2) is 13.8 Å². The number of hydrogen-bond acceptors (Lipinski definition) is 8. The number of halogens is 2. The molecule has 0 amide bonds. The molecule has 0 radical (unpaired) electrons. The second kappa shape index (κ2) is 10.8. The molecule has 4 heterocycles. The van der Waals surface area contributed by atoms with Gasteiger partial charge in [0, 0.05) is 44.3 Å². The third-order valence-corrected chi connectivity index (χ3v) is 7.57. The molecule has 2 atom stereocenters. The van der Waals surface area contributed by atoms with E-state index in [1.54, 1.807) is 24.3 Å². The van der Waals surface area contributed by atoms with Gasteiger partial charge in [-0.3, -0.25) is 9.47 Å². The van der Waals surface area contributed by atoms with E-state index in [2.05, 4.69) is 20.1 Å². The molecule has 6 rings (SSSR count). The van der Waals surface area contributed by atoms with Gasteiger partial charge < -0.3 is 19.7 Å². The number of nitrogens with zero attached hydrogens (tertiary/aromatic N) is 6. The van der Waals surface area contributed by atoms with Crippen molar-refractivity contribution in [1.29, 1.82) is 0 Å². The summed E-state index contributed by atoms with van der Waals surface area (Å²) in [5, 5.41) is 3.64. The molecule has 2 saturated heterocycles. The monoisotopic (exact) mass is 513 g/mol. The van der Waals surface area contributed by atoms with Crippen LogP contribution in [0.5, 0.6) is 0 Å². The minimum absolute atomic E-state index is 0.246. The smallest absolute Gasteiger partial charge is 0.296 e. The van der Waals surface area contributed by atoms with Crippen molar-refractivity contribution in [2.75, 3.05) is 62.8 Å². The molecule has 9 nitrogen and oxygen atoms in total. The minimum Gasteiger partial charge on any atom is -0.379 e. The number of nitrogens with one attached hydrogen (secondary N) is 1. The fourth-order valence-corrected chi connectivity index (χ4v) is 5.73. The van der Waals surface area contributed by atoms with E-state index in [1.165, 1.54) is 11.0 Å². The van der Waals surface area contributed by atoms with E-state index in [0.29, 0.717) is 61.0 Å². The number of imidazole rings is 1. The van der Waals surface area contributed by atoms with E-state index in [9.17, 15) is 8.78 Å². The molecule has 198 valence electrons. The fourth-order valence-electron chi connectivity index (χ4n) is 5.73. The first-order chi connectivity index (χ1) is 18.2. The maximum atomic E-state index is 14.1. The molecule has 11 heteroatoms. The first-order valence-corrected chi connectivity index (χ1v) is 13.2. The molecule has 1 saturated carbocycles. The van der Waals surface area contributed by atoms with Crippen LogP contribution >= 0.6 is 0 Å². The molecule has 3 aliphatic rings. The Balaban J connectivity index is 1.34. The number of rotatable bonds is 6. The lowest BCUT2D eigenvalue weighted by Crippen LogP contribution is -2.47. The summed E-state index contributed by atoms with van der Waals surface area (Å²) in [6, 6.07) is 9.71. The highest BCUT2D eigenvalue weighted by Crippen LogP contribution is 2.31. The van der Waals surface area contributed by atoms with E-state index < -0.39 is 6.43 Å². The molecule has 1 N–H and O–H groups in total. The maximum Gasteiger partial charge on any atom is 0.296 e. The Bertz CT molecular complexity index is 1210. The van der Waals surface area contributed by atoms with Gasteiger partial charge in [0.05, 0.1) is 37.5 Å². The SMILES string of the molecule is FC(F)c1nc2ccccc2n1-c1cc(NC2CCC[C@@H](N3CCOCC3)C2)nc(N2CCOCC2)n1. The van der Waals surface area contributed by atoms with E-state index in [-0.39, 0.29) is 11.9 Å². The van der Waals surface area contributed by atoms with Crippen molar-refractivity contribution in [3.8, 4) is 5.82 Å². The quantitative estimate of drug-likeness (QED) is 0.535. The first kappa shape index (κ1) is 24.4. The van der Waals surface area contributed by atoms with Crippen molar-refractivity contribution in [3.05, 3.63) is 36.2 Å². The summed E-state index contributed by atoms with van der Waals surface area (Å²) in [5.41, 5.74) is 1.11. The van der Waals surface area contributed by atoms with Crippen LogP contribution in [0.1, 0.15) is 37.9 Å². The van der Waals surface area contributed by atoms with Gasteiger partial charge in [0.25, 0.3) is 6.43 Å². The maximum absolute atomic E-state index is 14.1. The van der Waals surface area contributed by atoms with Gasteiger partial charge in [-0.15, -0.1) is 0 Å². The van der Waals surface area contributed by atoms with Crippen LogP contribution < -0.4 is 10.2 Å². The van der Waals surface area contributed by atoms with Crippen LogP contribution in [0.25, 0.3) is 16.9 Å². The molecule has 37 heavy (non-hydrogen) atoms. The lowest BCUT2D eigenvalue weighted by molar-refractivity contribution is 0.00751. The zero-order valence-electron chi connectivity index (χ0n) is 20.9. The standard InChI is InChI=1S/C26H33F2N7O2/c27-24(28)25-30-20-6-1-2-7-21(20)35(25)23-17-22(31-26(32-23)34-10-14-37-15-11-34)29-18-4-3-5-19(16-18)33-8-12-36-13-9-33/h1-2,6-7,17-19,24H,3-5,8-16H2,(H,29,31,32)/t18?,19-/m1/s1. The molecule has 1 aliphatic carbocycles. The number of anilines is 2. The van der Waals surface area contributed by atoms with E-state index in [1.807, 2.05) is 6.07 Å². The van der Waals surface area contributed by atoms with Crippen LogP contribution in [-0.4, -0.2) is 89.1 Å². The highest BCUT2D eigenvalue weighted by Gasteiger charge is 2.29. The van der Waals surface area contributed by atoms with E-state index in [0.717, 1.165) is 45.6 Å². The van der Waals surface area contributed by atoms with Crippen molar-refractivity contribution in [2.24, 2.45) is 0 Å². The summed E-state index contributed by atoms with van der Waals surface area (Å²) in [4.78, 5) is 18.4. The molecule has 2 aromatic heterocycles. The van der Waals surface area contributed by atoms with Gasteiger partial charge in [0.2, 0.25) is 5.95 Å². The topological polar surface area (TPSA) is 80.6 Å².